The van der Waals surface area contributed by atoms with Crippen LogP contribution in [0.3, 0.4) is 0 Å². The van der Waals surface area contributed by atoms with Gasteiger partial charge in [0.05, 0.1) is 13.3 Å². The third-order valence-electron chi connectivity index (χ3n) is 4.30. The van der Waals surface area contributed by atoms with Gasteiger partial charge in [0.1, 0.15) is 0 Å². The van der Waals surface area contributed by atoms with Crippen molar-refractivity contribution in [1.29, 1.82) is 0 Å². The Bertz CT molecular complexity index is 933. The lowest BCUT2D eigenvalue weighted by Gasteiger charge is -2.27. The molecule has 0 aliphatic rings. The number of hydrogen-bond acceptors (Lipinski definition) is 5. The van der Waals surface area contributed by atoms with E-state index in [2.05, 4.69) is 10.5 Å². The second kappa shape index (κ2) is 8.37. The van der Waals surface area contributed by atoms with Gasteiger partial charge in [0.25, 0.3) is 5.91 Å². The maximum atomic E-state index is 12.9. The summed E-state index contributed by atoms with van der Waals surface area (Å²) in [4.78, 5) is 12.9. The molecule has 0 saturated heterocycles. The second-order valence-corrected chi connectivity index (χ2v) is 6.07. The number of carbonyl (C=O) groups is 1. The summed E-state index contributed by atoms with van der Waals surface area (Å²) >= 11 is 0. The van der Waals surface area contributed by atoms with Crippen molar-refractivity contribution >= 4 is 12.1 Å². The van der Waals surface area contributed by atoms with Crippen molar-refractivity contribution in [2.75, 3.05) is 7.11 Å². The Labute approximate surface area is 162 Å². The third kappa shape index (κ3) is 3.87. The molecule has 0 fully saturated rings. The molecule has 0 spiro atoms. The molecule has 6 heteroatoms. The van der Waals surface area contributed by atoms with Gasteiger partial charge >= 0.3 is 0 Å². The van der Waals surface area contributed by atoms with Crippen LogP contribution < -0.4 is 10.2 Å². The van der Waals surface area contributed by atoms with E-state index in [1.807, 2.05) is 12.1 Å². The summed E-state index contributed by atoms with van der Waals surface area (Å²) in [5.41, 5.74) is 1.97. The second-order valence-electron chi connectivity index (χ2n) is 6.07. The van der Waals surface area contributed by atoms with E-state index < -0.39 is 11.5 Å². The molecule has 3 rings (SSSR count). The van der Waals surface area contributed by atoms with E-state index in [0.29, 0.717) is 22.4 Å². The molecule has 0 radical (unpaired) electrons. The van der Waals surface area contributed by atoms with Crippen molar-refractivity contribution < 1.29 is 19.7 Å². The summed E-state index contributed by atoms with van der Waals surface area (Å²) in [6, 6.07) is 22.0. The number of carbonyl (C=O) groups excluding carboxylic acids is 1. The van der Waals surface area contributed by atoms with Crippen LogP contribution in [-0.4, -0.2) is 29.4 Å². The van der Waals surface area contributed by atoms with Gasteiger partial charge in [-0.05, 0) is 34.9 Å². The topological polar surface area (TPSA) is 91.2 Å². The minimum Gasteiger partial charge on any atom is -0.504 e. The van der Waals surface area contributed by atoms with Gasteiger partial charge in [-0.3, -0.25) is 4.79 Å². The molecule has 3 aromatic rings. The van der Waals surface area contributed by atoms with E-state index in [-0.39, 0.29) is 5.75 Å². The number of phenolic OH excluding ortho intramolecular Hbond substituents is 1. The first-order valence-corrected chi connectivity index (χ1v) is 8.59. The quantitative estimate of drug-likeness (QED) is 0.456. The molecule has 0 aliphatic heterocycles. The minimum absolute atomic E-state index is 0.00576. The molecule has 0 aliphatic carbocycles. The highest BCUT2D eigenvalue weighted by molar-refractivity contribution is 5.91. The van der Waals surface area contributed by atoms with E-state index in [0.717, 1.165) is 0 Å². The van der Waals surface area contributed by atoms with Gasteiger partial charge in [0, 0.05) is 0 Å². The van der Waals surface area contributed by atoms with Gasteiger partial charge in [0.15, 0.2) is 17.1 Å². The summed E-state index contributed by atoms with van der Waals surface area (Å²) in [6.45, 7) is 0. The molecule has 1 amide bonds. The van der Waals surface area contributed by atoms with E-state index in [1.165, 1.54) is 19.4 Å². The number of ether oxygens (including phenoxy) is 1. The number of benzene rings is 3. The molecule has 0 aromatic heterocycles. The lowest BCUT2D eigenvalue weighted by Crippen LogP contribution is -2.43. The van der Waals surface area contributed by atoms with Gasteiger partial charge in [-0.25, -0.2) is 5.43 Å². The smallest absolute Gasteiger partial charge is 0.281 e. The number of methoxy groups -OCH3 is 1. The highest BCUT2D eigenvalue weighted by Crippen LogP contribution is 2.30. The summed E-state index contributed by atoms with van der Waals surface area (Å²) in [5, 5.41) is 24.9. The molecular formula is C22H20N2O4. The molecular weight excluding hydrogens is 356 g/mol. The maximum absolute atomic E-state index is 12.9. The van der Waals surface area contributed by atoms with Crippen LogP contribution in [0.1, 0.15) is 16.7 Å². The van der Waals surface area contributed by atoms with Crippen LogP contribution in [0.2, 0.25) is 0 Å². The number of nitrogens with zero attached hydrogens (tertiary/aromatic N) is 1. The maximum Gasteiger partial charge on any atom is 0.281 e. The largest absolute Gasteiger partial charge is 0.504 e. The molecule has 3 aromatic carbocycles. The number of hydrogen-bond donors (Lipinski definition) is 3. The van der Waals surface area contributed by atoms with Gasteiger partial charge in [-0.2, -0.15) is 5.10 Å². The fourth-order valence-corrected chi connectivity index (χ4v) is 2.81. The molecule has 0 unspecified atom stereocenters. The Morgan fingerprint density at radius 2 is 1.57 bits per heavy atom. The third-order valence-corrected chi connectivity index (χ3v) is 4.30. The molecule has 142 valence electrons. The number of phenols is 1. The molecule has 6 nitrogen and oxygen atoms in total. The first-order chi connectivity index (χ1) is 13.6. The average Bonchev–Trinajstić information content (AvgIpc) is 2.75. The number of aliphatic hydroxyl groups is 1. The molecule has 0 heterocycles. The van der Waals surface area contributed by atoms with Gasteiger partial charge in [0.2, 0.25) is 0 Å². The number of amides is 1. The first-order valence-electron chi connectivity index (χ1n) is 8.59. The first kappa shape index (κ1) is 19.1. The van der Waals surface area contributed by atoms with Crippen LogP contribution >= 0.6 is 0 Å². The molecule has 0 saturated carbocycles. The predicted octanol–water partition coefficient (Wildman–Crippen LogP) is 2.79. The van der Waals surface area contributed by atoms with Crippen molar-refractivity contribution in [3.05, 3.63) is 95.6 Å². The Hall–Kier alpha value is -3.64. The average molecular weight is 376 g/mol. The van der Waals surface area contributed by atoms with E-state index in [1.54, 1.807) is 60.7 Å². The molecule has 0 atom stereocenters. The predicted molar refractivity (Wildman–Crippen MR) is 106 cm³/mol. The lowest BCUT2D eigenvalue weighted by atomic mass is 9.85. The number of hydrazone groups is 1. The lowest BCUT2D eigenvalue weighted by molar-refractivity contribution is -0.136. The van der Waals surface area contributed by atoms with Crippen LogP contribution in [0.4, 0.5) is 0 Å². The fraction of sp³-hybridized carbons (Fsp3) is 0.0909. The summed E-state index contributed by atoms with van der Waals surface area (Å²) in [6.07, 6.45) is 1.40. The van der Waals surface area contributed by atoms with Crippen molar-refractivity contribution in [2.45, 2.75) is 5.60 Å². The monoisotopic (exact) mass is 376 g/mol. The molecule has 0 bridgehead atoms. The summed E-state index contributed by atoms with van der Waals surface area (Å²) in [5.74, 6) is -0.390. The zero-order valence-electron chi connectivity index (χ0n) is 15.2. The zero-order valence-corrected chi connectivity index (χ0v) is 15.2. The number of nitrogens with one attached hydrogen (secondary N) is 1. The van der Waals surface area contributed by atoms with Crippen LogP contribution in [-0.2, 0) is 10.4 Å². The van der Waals surface area contributed by atoms with Crippen LogP contribution in [0.25, 0.3) is 0 Å². The van der Waals surface area contributed by atoms with Gasteiger partial charge in [-0.1, -0.05) is 60.7 Å². The van der Waals surface area contributed by atoms with Gasteiger partial charge < -0.3 is 14.9 Å². The highest BCUT2D eigenvalue weighted by Gasteiger charge is 2.39. The van der Waals surface area contributed by atoms with Crippen LogP contribution in [0, 0.1) is 0 Å². The van der Waals surface area contributed by atoms with Crippen LogP contribution in [0.15, 0.2) is 84.0 Å². The Balaban J connectivity index is 1.87. The molecule has 3 N–H and O–H groups in total. The van der Waals surface area contributed by atoms with Crippen molar-refractivity contribution in [2.24, 2.45) is 5.10 Å². The van der Waals surface area contributed by atoms with E-state index in [4.69, 9.17) is 4.74 Å². The Morgan fingerprint density at radius 3 is 2.11 bits per heavy atom. The number of aromatic hydroxyl groups is 1. The zero-order chi connectivity index (χ0) is 20.0. The van der Waals surface area contributed by atoms with E-state index in [9.17, 15) is 15.0 Å². The minimum atomic E-state index is -1.90. The SMILES string of the molecule is COc1cc(/C=N/NC(=O)C(O)(c2ccccc2)c2ccccc2)ccc1O. The van der Waals surface area contributed by atoms with E-state index >= 15 is 0 Å². The van der Waals surface area contributed by atoms with Crippen molar-refractivity contribution in [3.63, 3.8) is 0 Å². The van der Waals surface area contributed by atoms with Crippen molar-refractivity contribution in [1.82, 2.24) is 5.43 Å². The van der Waals surface area contributed by atoms with Gasteiger partial charge in [-0.15, -0.1) is 0 Å². The van der Waals surface area contributed by atoms with Crippen LogP contribution in [0.5, 0.6) is 11.5 Å². The highest BCUT2D eigenvalue weighted by atomic mass is 16.5. The molecule has 28 heavy (non-hydrogen) atoms. The summed E-state index contributed by atoms with van der Waals surface area (Å²) < 4.78 is 5.04. The Morgan fingerprint density at radius 1 is 1.00 bits per heavy atom. The fourth-order valence-electron chi connectivity index (χ4n) is 2.81. The Kier molecular flexibility index (Phi) is 5.72. The van der Waals surface area contributed by atoms with Crippen molar-refractivity contribution in [3.8, 4) is 11.5 Å². The summed E-state index contributed by atoms with van der Waals surface area (Å²) in [7, 11) is 1.44. The number of rotatable bonds is 6. The normalized spacial score (nSPS) is 11.4. The standard InChI is InChI=1S/C22H20N2O4/c1-28-20-14-16(12-13-19(20)25)15-23-24-21(26)22(27,17-8-4-2-5-9-17)18-10-6-3-7-11-18/h2-15,25,27H,1H3,(H,24,26)/b23-15+.